The normalized spacial score (nSPS) is 14.9. The molecule has 0 aliphatic carbocycles. The SMILES string of the molecule is CCOC(=O)Cc1csc(SCC(=O)N2N=C(c3ccc4ccccc4c3)C[C@H]2c2ccc(OC)cc2)n1. The Morgan fingerprint density at radius 2 is 1.87 bits per heavy atom. The highest BCUT2D eigenvalue weighted by molar-refractivity contribution is 8.01. The monoisotopic (exact) mass is 545 g/mol. The van der Waals surface area contributed by atoms with Gasteiger partial charge >= 0.3 is 5.97 Å². The zero-order valence-corrected chi connectivity index (χ0v) is 22.8. The predicted molar refractivity (Wildman–Crippen MR) is 151 cm³/mol. The molecule has 1 aromatic heterocycles. The number of carbonyl (C=O) groups is 2. The first-order valence-corrected chi connectivity index (χ1v) is 14.2. The molecule has 9 heteroatoms. The number of hydrogen-bond donors (Lipinski definition) is 0. The Morgan fingerprint density at radius 3 is 2.63 bits per heavy atom. The molecule has 0 radical (unpaired) electrons. The summed E-state index contributed by atoms with van der Waals surface area (Å²) in [5.41, 5.74) is 3.53. The summed E-state index contributed by atoms with van der Waals surface area (Å²) in [6, 6.07) is 22.1. The van der Waals surface area contributed by atoms with Crippen LogP contribution >= 0.6 is 23.1 Å². The molecule has 7 nitrogen and oxygen atoms in total. The van der Waals surface area contributed by atoms with Gasteiger partial charge in [0.1, 0.15) is 5.75 Å². The lowest BCUT2D eigenvalue weighted by atomic mass is 9.97. The van der Waals surface area contributed by atoms with Crippen molar-refractivity contribution < 1.29 is 19.1 Å². The average Bonchev–Trinajstić information content (AvgIpc) is 3.59. The van der Waals surface area contributed by atoms with E-state index >= 15 is 0 Å². The average molecular weight is 546 g/mol. The van der Waals surface area contributed by atoms with Crippen LogP contribution in [0.3, 0.4) is 0 Å². The lowest BCUT2D eigenvalue weighted by molar-refractivity contribution is -0.142. The van der Waals surface area contributed by atoms with Gasteiger partial charge < -0.3 is 9.47 Å². The van der Waals surface area contributed by atoms with Crippen LogP contribution in [0.2, 0.25) is 0 Å². The Balaban J connectivity index is 1.35. The summed E-state index contributed by atoms with van der Waals surface area (Å²) in [7, 11) is 1.63. The van der Waals surface area contributed by atoms with E-state index in [1.54, 1.807) is 19.0 Å². The molecule has 4 aromatic rings. The Hall–Kier alpha value is -3.69. The van der Waals surface area contributed by atoms with Crippen LogP contribution in [0.1, 0.15) is 36.2 Å². The summed E-state index contributed by atoms with van der Waals surface area (Å²) in [4.78, 5) is 29.7. The second-order valence-corrected chi connectivity index (χ2v) is 10.8. The van der Waals surface area contributed by atoms with Crippen LogP contribution in [0, 0.1) is 0 Å². The first-order valence-electron chi connectivity index (χ1n) is 12.3. The number of hydrogen-bond acceptors (Lipinski definition) is 8. The first kappa shape index (κ1) is 25.9. The molecule has 1 amide bonds. The number of nitrogens with zero attached hydrogens (tertiary/aromatic N) is 3. The topological polar surface area (TPSA) is 81.1 Å². The van der Waals surface area contributed by atoms with Gasteiger partial charge in [-0.05, 0) is 47.0 Å². The number of carbonyl (C=O) groups excluding carboxylic acids is 2. The number of benzene rings is 3. The Labute approximate surface area is 229 Å². The van der Waals surface area contributed by atoms with Gasteiger partial charge in [0.25, 0.3) is 5.91 Å². The molecular formula is C29H27N3O4S2. The van der Waals surface area contributed by atoms with Crippen LogP contribution in [0.4, 0.5) is 0 Å². The second kappa shape index (κ2) is 11.8. The molecule has 1 atom stereocenters. The Bertz CT molecular complexity index is 1480. The fourth-order valence-corrected chi connectivity index (χ4v) is 6.05. The lowest BCUT2D eigenvalue weighted by Crippen LogP contribution is -2.28. The van der Waals surface area contributed by atoms with Crippen LogP contribution in [0.5, 0.6) is 5.75 Å². The molecule has 5 rings (SSSR count). The minimum absolute atomic E-state index is 0.103. The summed E-state index contributed by atoms with van der Waals surface area (Å²) >= 11 is 2.77. The smallest absolute Gasteiger partial charge is 0.311 e. The van der Waals surface area contributed by atoms with Crippen LogP contribution in [0.25, 0.3) is 10.8 Å². The molecule has 1 aliphatic heterocycles. The molecule has 0 unspecified atom stereocenters. The molecule has 3 aromatic carbocycles. The quantitative estimate of drug-likeness (QED) is 0.193. The van der Waals surface area contributed by atoms with E-state index in [4.69, 9.17) is 14.6 Å². The van der Waals surface area contributed by atoms with Gasteiger partial charge in [-0.25, -0.2) is 9.99 Å². The van der Waals surface area contributed by atoms with E-state index in [-0.39, 0.29) is 30.1 Å². The summed E-state index contributed by atoms with van der Waals surface area (Å²) in [5.74, 6) is 0.542. The number of amides is 1. The maximum Gasteiger partial charge on any atom is 0.311 e. The number of fused-ring (bicyclic) bond motifs is 1. The fourth-order valence-electron chi connectivity index (χ4n) is 4.35. The maximum atomic E-state index is 13.5. The van der Waals surface area contributed by atoms with E-state index in [2.05, 4.69) is 35.3 Å². The zero-order valence-electron chi connectivity index (χ0n) is 21.1. The van der Waals surface area contributed by atoms with Gasteiger partial charge in [0, 0.05) is 11.8 Å². The third-order valence-electron chi connectivity index (χ3n) is 6.23. The molecule has 2 heterocycles. The summed E-state index contributed by atoms with van der Waals surface area (Å²) in [6.07, 6.45) is 0.742. The molecule has 38 heavy (non-hydrogen) atoms. The third kappa shape index (κ3) is 5.89. The largest absolute Gasteiger partial charge is 0.497 e. The lowest BCUT2D eigenvalue weighted by Gasteiger charge is -2.22. The van der Waals surface area contributed by atoms with E-state index in [9.17, 15) is 9.59 Å². The van der Waals surface area contributed by atoms with Crippen molar-refractivity contribution in [2.45, 2.75) is 30.1 Å². The molecule has 0 spiro atoms. The fraction of sp³-hybridized carbons (Fsp3) is 0.241. The molecule has 0 saturated heterocycles. The first-order chi connectivity index (χ1) is 18.5. The summed E-state index contributed by atoms with van der Waals surface area (Å²) in [6.45, 7) is 2.11. The number of methoxy groups -OCH3 is 1. The standard InChI is InChI=1S/C29H27N3O4S2/c1-3-36-28(34)15-23-17-37-29(30-23)38-18-27(33)32-26(20-10-12-24(35-2)13-11-20)16-25(31-32)22-9-8-19-6-4-5-7-21(19)14-22/h4-14,17,26H,3,15-16,18H2,1-2H3/t26-/m0/s1. The van der Waals surface area contributed by atoms with Crippen molar-refractivity contribution in [2.24, 2.45) is 5.10 Å². The highest BCUT2D eigenvalue weighted by Gasteiger charge is 2.33. The summed E-state index contributed by atoms with van der Waals surface area (Å²) in [5, 5.41) is 10.6. The van der Waals surface area contributed by atoms with Crippen LogP contribution in [0.15, 0.2) is 81.6 Å². The highest BCUT2D eigenvalue weighted by atomic mass is 32.2. The molecule has 0 fully saturated rings. The molecule has 194 valence electrons. The van der Waals surface area contributed by atoms with Crippen molar-refractivity contribution in [1.82, 2.24) is 9.99 Å². The van der Waals surface area contributed by atoms with Crippen LogP contribution in [-0.2, 0) is 20.7 Å². The number of rotatable bonds is 9. The zero-order chi connectivity index (χ0) is 26.5. The number of hydrazone groups is 1. The van der Waals surface area contributed by atoms with E-state index in [0.717, 1.165) is 37.7 Å². The minimum atomic E-state index is -0.305. The molecule has 0 bridgehead atoms. The summed E-state index contributed by atoms with van der Waals surface area (Å²) < 4.78 is 11.0. The van der Waals surface area contributed by atoms with Crippen molar-refractivity contribution >= 4 is 51.5 Å². The van der Waals surface area contributed by atoms with E-state index in [1.165, 1.54) is 23.1 Å². The predicted octanol–water partition coefficient (Wildman–Crippen LogP) is 5.88. The van der Waals surface area contributed by atoms with Gasteiger partial charge in [-0.3, -0.25) is 9.59 Å². The van der Waals surface area contributed by atoms with Gasteiger partial charge in [-0.15, -0.1) is 11.3 Å². The highest BCUT2D eigenvalue weighted by Crippen LogP contribution is 2.35. The van der Waals surface area contributed by atoms with Crippen molar-refractivity contribution in [2.75, 3.05) is 19.5 Å². The maximum absolute atomic E-state index is 13.5. The molecular weight excluding hydrogens is 518 g/mol. The van der Waals surface area contributed by atoms with Crippen molar-refractivity contribution in [3.05, 3.63) is 88.9 Å². The number of ether oxygens (including phenoxy) is 2. The number of aromatic nitrogens is 1. The van der Waals surface area contributed by atoms with Crippen molar-refractivity contribution in [3.8, 4) is 5.75 Å². The Morgan fingerprint density at radius 1 is 1.08 bits per heavy atom. The molecule has 0 saturated carbocycles. The van der Waals surface area contributed by atoms with Gasteiger partial charge in [-0.2, -0.15) is 5.10 Å². The number of esters is 1. The molecule has 1 aliphatic rings. The third-order valence-corrected chi connectivity index (χ3v) is 8.28. The van der Waals surface area contributed by atoms with Crippen LogP contribution < -0.4 is 4.74 Å². The van der Waals surface area contributed by atoms with E-state index in [1.807, 2.05) is 41.8 Å². The number of thiazole rings is 1. The van der Waals surface area contributed by atoms with E-state index < -0.39 is 0 Å². The van der Waals surface area contributed by atoms with E-state index in [0.29, 0.717) is 18.7 Å². The van der Waals surface area contributed by atoms with Crippen molar-refractivity contribution in [3.63, 3.8) is 0 Å². The minimum Gasteiger partial charge on any atom is -0.497 e. The van der Waals surface area contributed by atoms with Crippen molar-refractivity contribution in [1.29, 1.82) is 0 Å². The van der Waals surface area contributed by atoms with Gasteiger partial charge in [0.05, 0.1) is 43.3 Å². The molecule has 0 N–H and O–H groups in total. The van der Waals surface area contributed by atoms with Crippen LogP contribution in [-0.4, -0.2) is 47.1 Å². The van der Waals surface area contributed by atoms with Gasteiger partial charge in [-0.1, -0.05) is 60.3 Å². The van der Waals surface area contributed by atoms with Gasteiger partial charge in [0.15, 0.2) is 4.34 Å². The number of thioether (sulfide) groups is 1. The second-order valence-electron chi connectivity index (χ2n) is 8.72. The Kier molecular flexibility index (Phi) is 8.05. The van der Waals surface area contributed by atoms with Gasteiger partial charge in [0.2, 0.25) is 0 Å².